The highest BCUT2D eigenvalue weighted by molar-refractivity contribution is 7.17. The van der Waals surface area contributed by atoms with E-state index in [1.807, 2.05) is 38.1 Å². The predicted molar refractivity (Wildman–Crippen MR) is 97.2 cm³/mol. The van der Waals surface area contributed by atoms with E-state index in [4.69, 9.17) is 0 Å². The average molecular weight is 338 g/mol. The molecule has 2 aromatic carbocycles. The molecule has 2 N–H and O–H groups in total. The van der Waals surface area contributed by atoms with Gasteiger partial charge in [0.05, 0.1) is 4.88 Å². The highest BCUT2D eigenvalue weighted by Gasteiger charge is 2.16. The van der Waals surface area contributed by atoms with Gasteiger partial charge in [0.25, 0.3) is 0 Å². The summed E-state index contributed by atoms with van der Waals surface area (Å²) in [5.74, 6) is 0.344. The molecule has 3 aromatic rings. The number of rotatable bonds is 3. The van der Waals surface area contributed by atoms with Crippen LogP contribution in [0.15, 0.2) is 42.5 Å². The summed E-state index contributed by atoms with van der Waals surface area (Å²) < 4.78 is 0. The molecule has 0 saturated heterocycles. The lowest BCUT2D eigenvalue weighted by Gasteiger charge is -2.06. The van der Waals surface area contributed by atoms with Gasteiger partial charge >= 0.3 is 0 Å². The Bertz CT molecular complexity index is 915. The molecule has 122 valence electrons. The zero-order valence-corrected chi connectivity index (χ0v) is 14.6. The summed E-state index contributed by atoms with van der Waals surface area (Å²) in [6.45, 7) is 5.47. The first-order valence-electron chi connectivity index (χ1n) is 7.62. The molecule has 24 heavy (non-hydrogen) atoms. The van der Waals surface area contributed by atoms with Gasteiger partial charge in [0, 0.05) is 16.0 Å². The summed E-state index contributed by atoms with van der Waals surface area (Å²) in [5, 5.41) is 19.7. The fourth-order valence-corrected chi connectivity index (χ4v) is 3.66. The molecule has 0 radical (unpaired) electrons. The van der Waals surface area contributed by atoms with Gasteiger partial charge in [-0.3, -0.25) is 4.79 Å². The summed E-state index contributed by atoms with van der Waals surface area (Å²) in [6.07, 6.45) is 0. The van der Waals surface area contributed by atoms with Crippen molar-refractivity contribution in [1.82, 2.24) is 0 Å². The standard InChI is InChI=1S/C20H18O3S/c1-11-9-14(10-12(2)19(11)22)17-7-8-18(24-17)20(23)15-5-4-6-16(21)13(15)3/h4-10,21-22H,1-3H3. The minimum atomic E-state index is -0.0909. The molecule has 0 bridgehead atoms. The van der Waals surface area contributed by atoms with E-state index in [-0.39, 0.29) is 11.5 Å². The Kier molecular flexibility index (Phi) is 4.16. The Morgan fingerprint density at radius 3 is 2.29 bits per heavy atom. The first kappa shape index (κ1) is 16.3. The highest BCUT2D eigenvalue weighted by atomic mass is 32.1. The minimum Gasteiger partial charge on any atom is -0.508 e. The smallest absolute Gasteiger partial charge is 0.203 e. The van der Waals surface area contributed by atoms with Crippen molar-refractivity contribution in [2.45, 2.75) is 20.8 Å². The van der Waals surface area contributed by atoms with Gasteiger partial charge in [-0.25, -0.2) is 0 Å². The van der Waals surface area contributed by atoms with Gasteiger partial charge in [-0.1, -0.05) is 12.1 Å². The average Bonchev–Trinajstić information content (AvgIpc) is 3.04. The Morgan fingerprint density at radius 2 is 1.62 bits per heavy atom. The largest absolute Gasteiger partial charge is 0.508 e. The number of carbonyl (C=O) groups excluding carboxylic acids is 1. The number of carbonyl (C=O) groups is 1. The molecule has 4 heteroatoms. The minimum absolute atomic E-state index is 0.0909. The lowest BCUT2D eigenvalue weighted by Crippen LogP contribution is -2.01. The maximum atomic E-state index is 12.7. The number of aromatic hydroxyl groups is 2. The normalized spacial score (nSPS) is 10.8. The van der Waals surface area contributed by atoms with Crippen LogP contribution in [0.5, 0.6) is 11.5 Å². The molecule has 3 rings (SSSR count). The number of ketones is 1. The second kappa shape index (κ2) is 6.13. The van der Waals surface area contributed by atoms with E-state index >= 15 is 0 Å². The number of thiophene rings is 1. The fourth-order valence-electron chi connectivity index (χ4n) is 2.72. The van der Waals surface area contributed by atoms with Crippen LogP contribution in [0.3, 0.4) is 0 Å². The molecular weight excluding hydrogens is 320 g/mol. The summed E-state index contributed by atoms with van der Waals surface area (Å²) in [6, 6.07) is 12.5. The van der Waals surface area contributed by atoms with Crippen LogP contribution in [0.25, 0.3) is 10.4 Å². The van der Waals surface area contributed by atoms with Gasteiger partial charge in [0.2, 0.25) is 5.78 Å². The monoisotopic (exact) mass is 338 g/mol. The molecule has 0 atom stereocenters. The van der Waals surface area contributed by atoms with Crippen LogP contribution < -0.4 is 0 Å². The summed E-state index contributed by atoms with van der Waals surface area (Å²) in [7, 11) is 0. The molecular formula is C20H18O3S. The Balaban J connectivity index is 1.99. The van der Waals surface area contributed by atoms with E-state index in [0.717, 1.165) is 21.6 Å². The van der Waals surface area contributed by atoms with E-state index in [1.165, 1.54) is 11.3 Å². The molecule has 0 fully saturated rings. The SMILES string of the molecule is Cc1cc(-c2ccc(C(=O)c3cccc(O)c3C)s2)cc(C)c1O. The van der Waals surface area contributed by atoms with E-state index in [2.05, 4.69) is 0 Å². The first-order chi connectivity index (χ1) is 11.4. The van der Waals surface area contributed by atoms with Gasteiger partial charge in [-0.15, -0.1) is 11.3 Å². The maximum absolute atomic E-state index is 12.7. The Hall–Kier alpha value is -2.59. The van der Waals surface area contributed by atoms with Crippen LogP contribution in [0.4, 0.5) is 0 Å². The number of phenolic OH excluding ortho intramolecular Hbond substituents is 2. The van der Waals surface area contributed by atoms with Crippen LogP contribution in [-0.4, -0.2) is 16.0 Å². The zero-order valence-electron chi connectivity index (χ0n) is 13.8. The van der Waals surface area contributed by atoms with Crippen molar-refractivity contribution in [2.75, 3.05) is 0 Å². The highest BCUT2D eigenvalue weighted by Crippen LogP contribution is 2.34. The first-order valence-corrected chi connectivity index (χ1v) is 8.44. The quantitative estimate of drug-likeness (QED) is 0.662. The third-order valence-corrected chi connectivity index (χ3v) is 5.29. The van der Waals surface area contributed by atoms with Crippen LogP contribution >= 0.6 is 11.3 Å². The molecule has 0 aliphatic carbocycles. The molecule has 1 aromatic heterocycles. The molecule has 0 unspecified atom stereocenters. The number of benzene rings is 2. The third kappa shape index (κ3) is 2.81. The van der Waals surface area contributed by atoms with E-state index in [1.54, 1.807) is 25.1 Å². The maximum Gasteiger partial charge on any atom is 0.203 e. The Labute approximate surface area is 144 Å². The molecule has 0 aliphatic rings. The summed E-state index contributed by atoms with van der Waals surface area (Å²) in [4.78, 5) is 14.3. The number of hydrogen-bond acceptors (Lipinski definition) is 4. The van der Waals surface area contributed by atoms with Crippen molar-refractivity contribution in [3.8, 4) is 21.9 Å². The van der Waals surface area contributed by atoms with Crippen molar-refractivity contribution in [3.05, 3.63) is 69.6 Å². The summed E-state index contributed by atoms with van der Waals surface area (Å²) in [5.41, 5.74) is 3.72. The van der Waals surface area contributed by atoms with Crippen molar-refractivity contribution >= 4 is 17.1 Å². The van der Waals surface area contributed by atoms with Gasteiger partial charge in [-0.2, -0.15) is 0 Å². The molecule has 0 amide bonds. The predicted octanol–water partition coefficient (Wildman–Crippen LogP) is 4.98. The second-order valence-corrected chi connectivity index (χ2v) is 6.99. The van der Waals surface area contributed by atoms with Crippen molar-refractivity contribution < 1.29 is 15.0 Å². The third-order valence-electron chi connectivity index (χ3n) is 4.16. The van der Waals surface area contributed by atoms with Crippen molar-refractivity contribution in [3.63, 3.8) is 0 Å². The zero-order chi connectivity index (χ0) is 17.4. The lowest BCUT2D eigenvalue weighted by molar-refractivity contribution is 0.104. The van der Waals surface area contributed by atoms with Crippen LogP contribution in [0.2, 0.25) is 0 Å². The Morgan fingerprint density at radius 1 is 0.958 bits per heavy atom. The number of aryl methyl sites for hydroxylation is 2. The molecule has 3 nitrogen and oxygen atoms in total. The van der Waals surface area contributed by atoms with E-state index in [9.17, 15) is 15.0 Å². The van der Waals surface area contributed by atoms with E-state index < -0.39 is 0 Å². The van der Waals surface area contributed by atoms with Crippen LogP contribution in [0, 0.1) is 20.8 Å². The molecule has 0 spiro atoms. The van der Waals surface area contributed by atoms with Crippen LogP contribution in [0.1, 0.15) is 31.9 Å². The molecule has 0 saturated carbocycles. The lowest BCUT2D eigenvalue weighted by atomic mass is 10.0. The number of phenols is 2. The molecule has 1 heterocycles. The second-order valence-electron chi connectivity index (χ2n) is 5.90. The summed E-state index contributed by atoms with van der Waals surface area (Å²) >= 11 is 1.41. The number of hydrogen-bond donors (Lipinski definition) is 2. The molecule has 0 aliphatic heterocycles. The van der Waals surface area contributed by atoms with Crippen molar-refractivity contribution in [2.24, 2.45) is 0 Å². The van der Waals surface area contributed by atoms with Gasteiger partial charge in [0.1, 0.15) is 11.5 Å². The van der Waals surface area contributed by atoms with E-state index in [0.29, 0.717) is 21.8 Å². The fraction of sp³-hybridized carbons (Fsp3) is 0.150. The van der Waals surface area contributed by atoms with Gasteiger partial charge in [0.15, 0.2) is 0 Å². The topological polar surface area (TPSA) is 57.5 Å². The van der Waals surface area contributed by atoms with Crippen LogP contribution in [-0.2, 0) is 0 Å². The van der Waals surface area contributed by atoms with Crippen molar-refractivity contribution in [1.29, 1.82) is 0 Å². The van der Waals surface area contributed by atoms with Gasteiger partial charge in [-0.05, 0) is 67.8 Å². The van der Waals surface area contributed by atoms with Gasteiger partial charge < -0.3 is 10.2 Å².